The molecule has 0 saturated carbocycles. The van der Waals surface area contributed by atoms with E-state index in [9.17, 15) is 9.59 Å². The molecule has 1 aliphatic rings. The standard InChI is InChI=1S/C24H33N5O4/c1-16-11-29(12-19-9-25-15-26-10-19)17(2)14-33-22-8-20(27-18(3)30)6-7-21(22)24(31)28(4)13-23(16)32-5/h6-10,15-17,23H,11-14H2,1-5H3,(H,27,30)/t16-,17+,23-/m0/s1. The van der Waals surface area contributed by atoms with E-state index < -0.39 is 0 Å². The lowest BCUT2D eigenvalue weighted by molar-refractivity contribution is -0.114. The summed E-state index contributed by atoms with van der Waals surface area (Å²) in [5.74, 6) is 0.266. The number of hydrogen-bond acceptors (Lipinski definition) is 7. The molecule has 0 saturated heterocycles. The van der Waals surface area contributed by atoms with Crippen molar-refractivity contribution in [2.45, 2.75) is 39.5 Å². The van der Waals surface area contributed by atoms with Crippen molar-refractivity contribution >= 4 is 17.5 Å². The zero-order valence-corrected chi connectivity index (χ0v) is 19.9. The number of carbonyl (C=O) groups excluding carboxylic acids is 2. The Morgan fingerprint density at radius 2 is 1.97 bits per heavy atom. The van der Waals surface area contributed by atoms with Crippen LogP contribution in [0.1, 0.15) is 36.7 Å². The van der Waals surface area contributed by atoms with Crippen LogP contribution in [0.5, 0.6) is 5.75 Å². The Bertz CT molecular complexity index is 955. The molecule has 2 amide bonds. The van der Waals surface area contributed by atoms with Gasteiger partial charge in [-0.25, -0.2) is 9.97 Å². The van der Waals surface area contributed by atoms with Crippen molar-refractivity contribution in [3.63, 3.8) is 0 Å². The molecule has 0 radical (unpaired) electrons. The van der Waals surface area contributed by atoms with Gasteiger partial charge in [0.05, 0.1) is 11.7 Å². The van der Waals surface area contributed by atoms with E-state index in [-0.39, 0.29) is 29.9 Å². The zero-order valence-electron chi connectivity index (χ0n) is 19.9. The largest absolute Gasteiger partial charge is 0.491 e. The molecule has 0 unspecified atom stereocenters. The lowest BCUT2D eigenvalue weighted by atomic mass is 10.0. The Labute approximate surface area is 195 Å². The van der Waals surface area contributed by atoms with Gasteiger partial charge in [0.25, 0.3) is 5.91 Å². The molecule has 0 bridgehead atoms. The summed E-state index contributed by atoms with van der Waals surface area (Å²) >= 11 is 0. The minimum atomic E-state index is -0.187. The number of aromatic nitrogens is 2. The van der Waals surface area contributed by atoms with Gasteiger partial charge in [0.1, 0.15) is 18.7 Å². The van der Waals surface area contributed by atoms with Crippen molar-refractivity contribution in [1.82, 2.24) is 19.8 Å². The van der Waals surface area contributed by atoms with Gasteiger partial charge in [-0.3, -0.25) is 14.5 Å². The van der Waals surface area contributed by atoms with Gasteiger partial charge in [-0.2, -0.15) is 0 Å². The van der Waals surface area contributed by atoms with Crippen LogP contribution in [0.4, 0.5) is 5.69 Å². The molecule has 2 heterocycles. The number of anilines is 1. The number of methoxy groups -OCH3 is 1. The van der Waals surface area contributed by atoms with Gasteiger partial charge in [-0.1, -0.05) is 6.92 Å². The predicted octanol–water partition coefficient (Wildman–Crippen LogP) is 2.44. The molecule has 1 aromatic heterocycles. The summed E-state index contributed by atoms with van der Waals surface area (Å²) in [4.78, 5) is 37.0. The fourth-order valence-corrected chi connectivity index (χ4v) is 3.99. The fourth-order valence-electron chi connectivity index (χ4n) is 3.99. The third kappa shape index (κ3) is 6.49. The molecule has 3 rings (SSSR count). The predicted molar refractivity (Wildman–Crippen MR) is 125 cm³/mol. The SMILES string of the molecule is CO[C@H]1CN(C)C(=O)c2ccc(NC(C)=O)cc2OC[C@@H](C)N(Cc2cncnc2)C[C@@H]1C. The molecule has 9 nitrogen and oxygen atoms in total. The van der Waals surface area contributed by atoms with E-state index in [1.807, 2.05) is 12.4 Å². The number of rotatable bonds is 4. The molecule has 0 spiro atoms. The van der Waals surface area contributed by atoms with Crippen LogP contribution in [0, 0.1) is 5.92 Å². The van der Waals surface area contributed by atoms with Crippen molar-refractivity contribution in [3.05, 3.63) is 48.0 Å². The molecule has 33 heavy (non-hydrogen) atoms. The number of fused-ring (bicyclic) bond motifs is 1. The lowest BCUT2D eigenvalue weighted by Crippen LogP contribution is -2.46. The number of hydrogen-bond donors (Lipinski definition) is 1. The number of amides is 2. The summed E-state index contributed by atoms with van der Waals surface area (Å²) in [7, 11) is 3.45. The molecule has 3 atom stereocenters. The highest BCUT2D eigenvalue weighted by Crippen LogP contribution is 2.27. The molecule has 2 aromatic rings. The number of likely N-dealkylation sites (N-methyl/N-ethyl adjacent to an activating group) is 1. The summed E-state index contributed by atoms with van der Waals surface area (Å²) in [5, 5.41) is 2.75. The van der Waals surface area contributed by atoms with Crippen molar-refractivity contribution in [1.29, 1.82) is 0 Å². The Morgan fingerprint density at radius 1 is 1.24 bits per heavy atom. The van der Waals surface area contributed by atoms with Gasteiger partial charge in [0.2, 0.25) is 5.91 Å². The van der Waals surface area contributed by atoms with Gasteiger partial charge >= 0.3 is 0 Å². The average Bonchev–Trinajstić information content (AvgIpc) is 2.79. The fraction of sp³-hybridized carbons (Fsp3) is 0.500. The average molecular weight is 456 g/mol. The van der Waals surface area contributed by atoms with Crippen LogP contribution in [-0.4, -0.2) is 77.6 Å². The number of nitrogens with one attached hydrogen (secondary N) is 1. The van der Waals surface area contributed by atoms with Gasteiger partial charge < -0.3 is 19.7 Å². The van der Waals surface area contributed by atoms with Gasteiger partial charge in [-0.05, 0) is 25.0 Å². The van der Waals surface area contributed by atoms with Crippen molar-refractivity contribution in [2.75, 3.05) is 39.2 Å². The van der Waals surface area contributed by atoms with Crippen LogP contribution in [0.3, 0.4) is 0 Å². The first-order valence-electron chi connectivity index (χ1n) is 11.1. The number of ether oxygens (including phenoxy) is 2. The Hall–Kier alpha value is -3.04. The van der Waals surface area contributed by atoms with Gasteiger partial charge in [0, 0.05) is 76.5 Å². The quantitative estimate of drug-likeness (QED) is 0.756. The van der Waals surface area contributed by atoms with E-state index in [1.165, 1.54) is 13.3 Å². The van der Waals surface area contributed by atoms with Crippen LogP contribution >= 0.6 is 0 Å². The molecule has 0 fully saturated rings. The van der Waals surface area contributed by atoms with Crippen LogP contribution in [0.2, 0.25) is 0 Å². The van der Waals surface area contributed by atoms with E-state index in [0.717, 1.165) is 12.1 Å². The molecule has 178 valence electrons. The Balaban J connectivity index is 1.94. The summed E-state index contributed by atoms with van der Waals surface area (Å²) in [5.41, 5.74) is 2.04. The van der Waals surface area contributed by atoms with E-state index in [4.69, 9.17) is 9.47 Å². The first-order valence-corrected chi connectivity index (χ1v) is 11.1. The lowest BCUT2D eigenvalue weighted by Gasteiger charge is -2.36. The first-order chi connectivity index (χ1) is 15.8. The van der Waals surface area contributed by atoms with E-state index in [2.05, 4.69) is 34.0 Å². The molecule has 1 aliphatic heterocycles. The Morgan fingerprint density at radius 3 is 2.64 bits per heavy atom. The second-order valence-corrected chi connectivity index (χ2v) is 8.67. The van der Waals surface area contributed by atoms with Gasteiger partial charge in [-0.15, -0.1) is 0 Å². The monoisotopic (exact) mass is 455 g/mol. The van der Waals surface area contributed by atoms with E-state index in [1.54, 1.807) is 37.3 Å². The molecule has 1 N–H and O–H groups in total. The summed E-state index contributed by atoms with van der Waals surface area (Å²) in [6.07, 6.45) is 5.02. The minimum Gasteiger partial charge on any atom is -0.491 e. The first kappa shape index (κ1) is 24.6. The molecule has 0 aliphatic carbocycles. The highest BCUT2D eigenvalue weighted by molar-refractivity contribution is 5.98. The summed E-state index contributed by atoms with van der Waals surface area (Å²) in [6.45, 7) is 7.89. The zero-order chi connectivity index (χ0) is 24.0. The smallest absolute Gasteiger partial charge is 0.257 e. The highest BCUT2D eigenvalue weighted by Gasteiger charge is 2.28. The maximum absolute atomic E-state index is 13.2. The number of carbonyl (C=O) groups is 2. The van der Waals surface area contributed by atoms with Gasteiger partial charge in [0.15, 0.2) is 0 Å². The topological polar surface area (TPSA) is 96.9 Å². The number of benzene rings is 1. The second kappa shape index (κ2) is 11.2. The molecular formula is C24H33N5O4. The maximum Gasteiger partial charge on any atom is 0.257 e. The highest BCUT2D eigenvalue weighted by atomic mass is 16.5. The third-order valence-electron chi connectivity index (χ3n) is 5.90. The van der Waals surface area contributed by atoms with Crippen molar-refractivity contribution < 1.29 is 19.1 Å². The molecule has 9 heteroatoms. The summed E-state index contributed by atoms with van der Waals surface area (Å²) < 4.78 is 12.0. The molecular weight excluding hydrogens is 422 g/mol. The van der Waals surface area contributed by atoms with Crippen molar-refractivity contribution in [3.8, 4) is 5.75 Å². The van der Waals surface area contributed by atoms with E-state index in [0.29, 0.717) is 36.7 Å². The van der Waals surface area contributed by atoms with Crippen LogP contribution < -0.4 is 10.1 Å². The second-order valence-electron chi connectivity index (χ2n) is 8.67. The van der Waals surface area contributed by atoms with E-state index >= 15 is 0 Å². The van der Waals surface area contributed by atoms with Crippen LogP contribution in [0.15, 0.2) is 36.9 Å². The maximum atomic E-state index is 13.2. The summed E-state index contributed by atoms with van der Waals surface area (Å²) in [6, 6.07) is 5.14. The van der Waals surface area contributed by atoms with Crippen LogP contribution in [0.25, 0.3) is 0 Å². The number of nitrogens with zero attached hydrogens (tertiary/aromatic N) is 4. The third-order valence-corrected chi connectivity index (χ3v) is 5.90. The van der Waals surface area contributed by atoms with Crippen LogP contribution in [-0.2, 0) is 16.1 Å². The Kier molecular flexibility index (Phi) is 8.35. The normalized spacial score (nSPS) is 22.5. The molecule has 1 aromatic carbocycles. The van der Waals surface area contributed by atoms with Crippen molar-refractivity contribution in [2.24, 2.45) is 5.92 Å². The minimum absolute atomic E-state index is 0.0368.